The van der Waals surface area contributed by atoms with Crippen LogP contribution in [0.25, 0.3) is 0 Å². The second-order valence-electron chi connectivity index (χ2n) is 12.4. The van der Waals surface area contributed by atoms with Crippen molar-refractivity contribution in [3.63, 3.8) is 0 Å². The zero-order chi connectivity index (χ0) is 29.8. The Kier molecular flexibility index (Phi) is 17.5. The molecule has 2 rings (SSSR count). The number of hydrogen-bond donors (Lipinski definition) is 0. The lowest BCUT2D eigenvalue weighted by Gasteiger charge is -2.37. The maximum absolute atomic E-state index is 13.5. The molecular weight excluding hydrogens is 506 g/mol. The Morgan fingerprint density at radius 2 is 1.27 bits per heavy atom. The minimum Gasteiger partial charge on any atom is -0.455 e. The predicted octanol–water partition coefficient (Wildman–Crippen LogP) is 10.0. The van der Waals surface area contributed by atoms with Gasteiger partial charge in [0.05, 0.1) is 14.1 Å². The Bertz CT molecular complexity index is 942. The van der Waals surface area contributed by atoms with Crippen LogP contribution in [0.2, 0.25) is 0 Å². The van der Waals surface area contributed by atoms with Crippen LogP contribution < -0.4 is 4.74 Å². The highest BCUT2D eigenvalue weighted by molar-refractivity contribution is 5.74. The van der Waals surface area contributed by atoms with Gasteiger partial charge < -0.3 is 14.0 Å². The molecule has 0 aliphatic heterocycles. The summed E-state index contributed by atoms with van der Waals surface area (Å²) in [7, 11) is 4.25. The van der Waals surface area contributed by atoms with Gasteiger partial charge in [-0.05, 0) is 43.4 Å². The van der Waals surface area contributed by atoms with Gasteiger partial charge in [0.1, 0.15) is 12.3 Å². The van der Waals surface area contributed by atoms with E-state index in [4.69, 9.17) is 9.47 Å². The molecule has 0 bridgehead atoms. The van der Waals surface area contributed by atoms with E-state index in [9.17, 15) is 4.79 Å². The summed E-state index contributed by atoms with van der Waals surface area (Å²) in [6, 6.07) is 18.5. The van der Waals surface area contributed by atoms with Crippen molar-refractivity contribution >= 4 is 5.97 Å². The number of aryl methyl sites for hydroxylation is 1. The summed E-state index contributed by atoms with van der Waals surface area (Å²) in [6.07, 6.45) is 18.7. The molecule has 230 valence electrons. The number of quaternary nitrogens is 1. The molecule has 2 unspecified atom stereocenters. The molecule has 2 atom stereocenters. The molecule has 0 saturated heterocycles. The van der Waals surface area contributed by atoms with Gasteiger partial charge in [-0.1, -0.05) is 127 Å². The van der Waals surface area contributed by atoms with Crippen molar-refractivity contribution in [3.05, 3.63) is 65.7 Å². The molecule has 2 aromatic carbocycles. The third-order valence-corrected chi connectivity index (χ3v) is 8.12. The maximum Gasteiger partial charge on any atom is 0.368 e. The fourth-order valence-electron chi connectivity index (χ4n) is 5.70. The Hall–Kier alpha value is -2.33. The number of likely N-dealkylation sites (N-methyl/N-ethyl adjacent to an activating group) is 1. The second-order valence-corrected chi connectivity index (χ2v) is 12.4. The molecular formula is C37H60NO3+. The number of rotatable bonds is 23. The van der Waals surface area contributed by atoms with E-state index in [1.54, 1.807) is 0 Å². The topological polar surface area (TPSA) is 35.5 Å². The van der Waals surface area contributed by atoms with Crippen LogP contribution in [0, 0.1) is 0 Å². The smallest absolute Gasteiger partial charge is 0.368 e. The van der Waals surface area contributed by atoms with Crippen LogP contribution in [0.3, 0.4) is 0 Å². The summed E-state index contributed by atoms with van der Waals surface area (Å²) in [6.45, 7) is 7.29. The number of benzene rings is 2. The van der Waals surface area contributed by atoms with Crippen molar-refractivity contribution in [2.45, 2.75) is 142 Å². The third-order valence-electron chi connectivity index (χ3n) is 8.12. The molecule has 2 aromatic rings. The van der Waals surface area contributed by atoms with Gasteiger partial charge in [0.25, 0.3) is 0 Å². The molecule has 0 amide bonds. The van der Waals surface area contributed by atoms with E-state index in [-0.39, 0.29) is 12.0 Å². The molecule has 0 aromatic heterocycles. The number of carbonyl (C=O) groups excluding carboxylic acids is 1. The first-order valence-corrected chi connectivity index (χ1v) is 16.7. The van der Waals surface area contributed by atoms with Crippen LogP contribution in [0.15, 0.2) is 54.6 Å². The molecule has 0 fully saturated rings. The summed E-state index contributed by atoms with van der Waals surface area (Å²) in [4.78, 5) is 13.5. The molecule has 4 heteroatoms. The lowest BCUT2D eigenvalue weighted by molar-refractivity contribution is -0.920. The van der Waals surface area contributed by atoms with Gasteiger partial charge in [0.15, 0.2) is 6.04 Å². The number of carbonyl (C=O) groups is 1. The number of nitrogens with zero attached hydrogens (tertiary/aromatic N) is 1. The Labute approximate surface area is 252 Å². The van der Waals surface area contributed by atoms with Crippen LogP contribution >= 0.6 is 0 Å². The molecule has 41 heavy (non-hydrogen) atoms. The van der Waals surface area contributed by atoms with Crippen molar-refractivity contribution < 1.29 is 18.8 Å². The number of unbranched alkanes of at least 4 members (excludes halogenated alkanes) is 10. The van der Waals surface area contributed by atoms with Gasteiger partial charge >= 0.3 is 5.97 Å². The molecule has 4 nitrogen and oxygen atoms in total. The van der Waals surface area contributed by atoms with E-state index >= 15 is 0 Å². The lowest BCUT2D eigenvalue weighted by atomic mass is 10.0. The first-order chi connectivity index (χ1) is 19.9. The quantitative estimate of drug-likeness (QED) is 0.0581. The zero-order valence-electron chi connectivity index (χ0n) is 27.0. The maximum atomic E-state index is 13.5. The van der Waals surface area contributed by atoms with E-state index in [0.29, 0.717) is 10.9 Å². The second kappa shape index (κ2) is 20.5. The zero-order valence-corrected chi connectivity index (χ0v) is 27.0. The first-order valence-electron chi connectivity index (χ1n) is 16.7. The van der Waals surface area contributed by atoms with Gasteiger partial charge in [-0.25, -0.2) is 4.79 Å². The lowest BCUT2D eigenvalue weighted by Crippen LogP contribution is -2.53. The summed E-state index contributed by atoms with van der Waals surface area (Å²) in [5.41, 5.74) is 2.52. The highest BCUT2D eigenvalue weighted by atomic mass is 16.7. The molecule has 0 radical (unpaired) electrons. The van der Waals surface area contributed by atoms with Crippen LogP contribution in [-0.4, -0.2) is 36.9 Å². The fourth-order valence-corrected chi connectivity index (χ4v) is 5.70. The average molecular weight is 567 g/mol. The Morgan fingerprint density at radius 1 is 0.683 bits per heavy atom. The van der Waals surface area contributed by atoms with Crippen molar-refractivity contribution in [1.29, 1.82) is 0 Å². The molecule has 0 heterocycles. The van der Waals surface area contributed by atoms with E-state index in [1.807, 2.05) is 12.1 Å². The van der Waals surface area contributed by atoms with Crippen LogP contribution in [0.4, 0.5) is 0 Å². The normalized spacial score (nSPS) is 13.1. The average Bonchev–Trinajstić information content (AvgIpc) is 2.95. The largest absolute Gasteiger partial charge is 0.455 e. The van der Waals surface area contributed by atoms with Crippen molar-refractivity contribution in [2.75, 3.05) is 14.1 Å². The molecule has 0 spiro atoms. The van der Waals surface area contributed by atoms with Gasteiger partial charge in [-0.2, -0.15) is 0 Å². The van der Waals surface area contributed by atoms with Gasteiger partial charge in [-0.3, -0.25) is 0 Å². The summed E-state index contributed by atoms with van der Waals surface area (Å²) in [5, 5.41) is 0. The highest BCUT2D eigenvalue weighted by Crippen LogP contribution is 2.23. The minimum absolute atomic E-state index is 0.164. The fraction of sp³-hybridized carbons (Fsp3) is 0.649. The molecule has 0 saturated carbocycles. The number of hydrogen-bond acceptors (Lipinski definition) is 3. The van der Waals surface area contributed by atoms with Crippen LogP contribution in [0.5, 0.6) is 5.75 Å². The monoisotopic (exact) mass is 566 g/mol. The Morgan fingerprint density at radius 3 is 1.88 bits per heavy atom. The Balaban J connectivity index is 1.84. The van der Waals surface area contributed by atoms with E-state index < -0.39 is 6.29 Å². The molecule has 0 N–H and O–H groups in total. The van der Waals surface area contributed by atoms with Gasteiger partial charge in [0.2, 0.25) is 6.29 Å². The standard InChI is InChI=1S/C37H60NO3/c1-6-9-10-11-12-13-14-15-16-17-19-25-32-28-22-29-34(30-32)40-36(24-8-3)41-37(39)35(23-7-2)38(4,5)31-33-26-20-18-21-27-33/h18,20-22,26-30,35-36H,6-17,19,23-25,31H2,1-5H3/q+1. The number of ether oxygens (including phenoxy) is 2. The minimum atomic E-state index is -0.569. The third kappa shape index (κ3) is 14.4. The first kappa shape index (κ1) is 34.9. The summed E-state index contributed by atoms with van der Waals surface area (Å²) >= 11 is 0. The van der Waals surface area contributed by atoms with Gasteiger partial charge in [0, 0.05) is 18.4 Å². The highest BCUT2D eigenvalue weighted by Gasteiger charge is 2.37. The predicted molar refractivity (Wildman–Crippen MR) is 173 cm³/mol. The number of esters is 1. The van der Waals surface area contributed by atoms with E-state index in [2.05, 4.69) is 77.3 Å². The molecule has 0 aliphatic rings. The van der Waals surface area contributed by atoms with E-state index in [0.717, 1.165) is 38.0 Å². The summed E-state index contributed by atoms with van der Waals surface area (Å²) < 4.78 is 12.9. The van der Waals surface area contributed by atoms with Crippen molar-refractivity contribution in [3.8, 4) is 5.75 Å². The summed E-state index contributed by atoms with van der Waals surface area (Å²) in [5.74, 6) is 0.630. The SMILES string of the molecule is CCCCCCCCCCCCCc1cccc(OC(CCC)OC(=O)C(CCC)[N+](C)(C)Cc2ccccc2)c1. The van der Waals surface area contributed by atoms with E-state index in [1.165, 1.54) is 81.8 Å². The van der Waals surface area contributed by atoms with Crippen molar-refractivity contribution in [1.82, 2.24) is 0 Å². The van der Waals surface area contributed by atoms with Gasteiger partial charge in [-0.15, -0.1) is 0 Å². The van der Waals surface area contributed by atoms with Crippen molar-refractivity contribution in [2.24, 2.45) is 0 Å². The van der Waals surface area contributed by atoms with Crippen LogP contribution in [-0.2, 0) is 22.5 Å². The molecule has 0 aliphatic carbocycles. The van der Waals surface area contributed by atoms with Crippen LogP contribution in [0.1, 0.15) is 128 Å².